The van der Waals surface area contributed by atoms with Gasteiger partial charge in [-0.15, -0.1) is 0 Å². The molecule has 1 N–H and O–H groups in total. The fraction of sp³-hybridized carbons (Fsp3) is 0.385. The van der Waals surface area contributed by atoms with Gasteiger partial charge in [0.05, 0.1) is 22.6 Å². The summed E-state index contributed by atoms with van der Waals surface area (Å²) in [4.78, 5) is 25.0. The number of aromatic hydroxyl groups is 1. The molecule has 0 aromatic heterocycles. The van der Waals surface area contributed by atoms with Gasteiger partial charge in [0, 0.05) is 18.7 Å². The average molecular weight is 318 g/mol. The average Bonchev–Trinajstić information content (AvgIpc) is 2.78. The Hall–Kier alpha value is -1.46. The number of rotatable bonds is 3. The lowest BCUT2D eigenvalue weighted by atomic mass is 10.1. The Kier molecular flexibility index (Phi) is 4.40. The summed E-state index contributed by atoms with van der Waals surface area (Å²) in [7, 11) is 0. The number of carbonyl (C=O) groups is 2. The first-order valence-electron chi connectivity index (χ1n) is 6.09. The van der Waals surface area contributed by atoms with E-state index in [4.69, 9.17) is 27.9 Å². The van der Waals surface area contributed by atoms with E-state index in [9.17, 15) is 14.7 Å². The van der Waals surface area contributed by atoms with Crippen LogP contribution in [0, 0.1) is 5.92 Å². The number of amides is 1. The van der Waals surface area contributed by atoms with Crippen LogP contribution in [0.25, 0.3) is 0 Å². The fourth-order valence-electron chi connectivity index (χ4n) is 2.08. The Balaban J connectivity index is 2.22. The van der Waals surface area contributed by atoms with Crippen molar-refractivity contribution in [2.75, 3.05) is 18.1 Å². The molecule has 1 aliphatic rings. The maximum absolute atomic E-state index is 12.0. The molecule has 1 aromatic rings. The first-order chi connectivity index (χ1) is 9.43. The minimum absolute atomic E-state index is 0.0554. The molecule has 0 aliphatic carbocycles. The van der Waals surface area contributed by atoms with E-state index in [1.54, 1.807) is 6.92 Å². The number of ether oxygens (including phenoxy) is 1. The van der Waals surface area contributed by atoms with E-state index in [1.165, 1.54) is 17.0 Å². The SMILES string of the molecule is CCOC(=O)C1CC(=O)N(c2cc(Cl)c(O)c(Cl)c2)C1. The van der Waals surface area contributed by atoms with E-state index >= 15 is 0 Å². The first-order valence-corrected chi connectivity index (χ1v) is 6.84. The van der Waals surface area contributed by atoms with Crippen LogP contribution in [-0.2, 0) is 14.3 Å². The summed E-state index contributed by atoms with van der Waals surface area (Å²) in [6.45, 7) is 2.21. The molecule has 0 spiro atoms. The number of anilines is 1. The summed E-state index contributed by atoms with van der Waals surface area (Å²) >= 11 is 11.7. The second-order valence-electron chi connectivity index (χ2n) is 4.42. The molecular weight excluding hydrogens is 305 g/mol. The summed E-state index contributed by atoms with van der Waals surface area (Å²) < 4.78 is 4.91. The lowest BCUT2D eigenvalue weighted by molar-refractivity contribution is -0.147. The van der Waals surface area contributed by atoms with Crippen molar-refractivity contribution in [3.63, 3.8) is 0 Å². The predicted molar refractivity (Wildman–Crippen MR) is 75.2 cm³/mol. The van der Waals surface area contributed by atoms with Crippen LogP contribution < -0.4 is 4.90 Å². The second kappa shape index (κ2) is 5.89. The van der Waals surface area contributed by atoms with E-state index in [0.29, 0.717) is 5.69 Å². The molecule has 1 amide bonds. The molecule has 108 valence electrons. The molecule has 5 nitrogen and oxygen atoms in total. The highest BCUT2D eigenvalue weighted by atomic mass is 35.5. The van der Waals surface area contributed by atoms with Crippen LogP contribution >= 0.6 is 23.2 Å². The topological polar surface area (TPSA) is 66.8 Å². The standard InChI is InChI=1S/C13H13Cl2NO4/c1-2-20-13(19)7-3-11(17)16(6-7)8-4-9(14)12(18)10(15)5-8/h4-5,7,18H,2-3,6H2,1H3. The van der Waals surface area contributed by atoms with Gasteiger partial charge >= 0.3 is 5.97 Å². The van der Waals surface area contributed by atoms with Crippen molar-refractivity contribution in [1.29, 1.82) is 0 Å². The maximum Gasteiger partial charge on any atom is 0.311 e. The molecule has 0 radical (unpaired) electrons. The number of benzene rings is 1. The molecule has 7 heteroatoms. The summed E-state index contributed by atoms with van der Waals surface area (Å²) in [5.41, 5.74) is 0.453. The molecule has 1 heterocycles. The molecule has 1 aromatic carbocycles. The highest BCUT2D eigenvalue weighted by molar-refractivity contribution is 6.37. The largest absolute Gasteiger partial charge is 0.505 e. The van der Waals surface area contributed by atoms with Crippen molar-refractivity contribution in [2.45, 2.75) is 13.3 Å². The number of phenols is 1. The van der Waals surface area contributed by atoms with Crippen molar-refractivity contribution in [1.82, 2.24) is 0 Å². The lowest BCUT2D eigenvalue weighted by Crippen LogP contribution is -2.26. The molecule has 1 atom stereocenters. The van der Waals surface area contributed by atoms with E-state index in [1.807, 2.05) is 0 Å². The Bertz CT molecular complexity index is 538. The molecule has 1 saturated heterocycles. The van der Waals surface area contributed by atoms with Crippen molar-refractivity contribution < 1.29 is 19.4 Å². The molecule has 1 unspecified atom stereocenters. The number of hydrogen-bond donors (Lipinski definition) is 1. The van der Waals surface area contributed by atoms with E-state index in [2.05, 4.69) is 0 Å². The fourth-order valence-corrected chi connectivity index (χ4v) is 2.56. The first kappa shape index (κ1) is 14.9. The Morgan fingerprint density at radius 2 is 2.05 bits per heavy atom. The third kappa shape index (κ3) is 2.83. The minimum atomic E-state index is -0.492. The van der Waals surface area contributed by atoms with Crippen molar-refractivity contribution in [3.05, 3.63) is 22.2 Å². The quantitative estimate of drug-likeness (QED) is 0.870. The molecular formula is C13H13Cl2NO4. The van der Waals surface area contributed by atoms with Gasteiger partial charge in [-0.05, 0) is 19.1 Å². The van der Waals surface area contributed by atoms with Crippen LogP contribution in [0.3, 0.4) is 0 Å². The van der Waals surface area contributed by atoms with Gasteiger partial charge in [0.2, 0.25) is 5.91 Å². The van der Waals surface area contributed by atoms with Gasteiger partial charge in [-0.3, -0.25) is 9.59 Å². The Labute approximate surface area is 126 Å². The maximum atomic E-state index is 12.0. The number of hydrogen-bond acceptors (Lipinski definition) is 4. The zero-order valence-corrected chi connectivity index (χ0v) is 12.2. The number of halogens is 2. The second-order valence-corrected chi connectivity index (χ2v) is 5.23. The van der Waals surface area contributed by atoms with Crippen LogP contribution in [0.1, 0.15) is 13.3 Å². The van der Waals surface area contributed by atoms with Gasteiger partial charge in [-0.1, -0.05) is 23.2 Å². The predicted octanol–water partition coefficient (Wildman–Crippen LogP) is 2.62. The molecule has 20 heavy (non-hydrogen) atoms. The minimum Gasteiger partial charge on any atom is -0.505 e. The third-order valence-corrected chi connectivity index (χ3v) is 3.63. The number of nitrogens with zero attached hydrogens (tertiary/aromatic N) is 1. The van der Waals surface area contributed by atoms with Crippen LogP contribution in [0.2, 0.25) is 10.0 Å². The van der Waals surface area contributed by atoms with E-state index in [0.717, 1.165) is 0 Å². The Morgan fingerprint density at radius 3 is 2.60 bits per heavy atom. The van der Waals surface area contributed by atoms with Gasteiger partial charge < -0.3 is 14.7 Å². The van der Waals surface area contributed by atoms with Crippen LogP contribution in [0.15, 0.2) is 12.1 Å². The Morgan fingerprint density at radius 1 is 1.45 bits per heavy atom. The van der Waals surface area contributed by atoms with Gasteiger partial charge in [-0.25, -0.2) is 0 Å². The summed E-state index contributed by atoms with van der Waals surface area (Å²) in [6, 6.07) is 2.88. The van der Waals surface area contributed by atoms with Gasteiger partial charge in [0.15, 0.2) is 5.75 Å². The van der Waals surface area contributed by atoms with Crippen molar-refractivity contribution in [3.8, 4) is 5.75 Å². The summed E-state index contributed by atoms with van der Waals surface area (Å²) in [6.07, 6.45) is 0.0922. The zero-order valence-electron chi connectivity index (χ0n) is 10.7. The summed E-state index contributed by atoms with van der Waals surface area (Å²) in [5.74, 6) is -1.32. The highest BCUT2D eigenvalue weighted by Gasteiger charge is 2.36. The zero-order chi connectivity index (χ0) is 14.9. The smallest absolute Gasteiger partial charge is 0.311 e. The lowest BCUT2D eigenvalue weighted by Gasteiger charge is -2.17. The van der Waals surface area contributed by atoms with Crippen LogP contribution in [0.5, 0.6) is 5.75 Å². The van der Waals surface area contributed by atoms with E-state index < -0.39 is 5.92 Å². The highest BCUT2D eigenvalue weighted by Crippen LogP contribution is 2.37. The summed E-state index contributed by atoms with van der Waals surface area (Å²) in [5, 5.41) is 9.62. The van der Waals surface area contributed by atoms with Gasteiger partial charge in [0.25, 0.3) is 0 Å². The number of esters is 1. The van der Waals surface area contributed by atoms with Gasteiger partial charge in [-0.2, -0.15) is 0 Å². The van der Waals surface area contributed by atoms with E-state index in [-0.39, 0.29) is 47.2 Å². The third-order valence-electron chi connectivity index (χ3n) is 3.06. The van der Waals surface area contributed by atoms with Crippen LogP contribution in [-0.4, -0.2) is 30.1 Å². The molecule has 1 aliphatic heterocycles. The van der Waals surface area contributed by atoms with Gasteiger partial charge in [0.1, 0.15) is 0 Å². The van der Waals surface area contributed by atoms with Crippen molar-refractivity contribution in [2.24, 2.45) is 5.92 Å². The monoisotopic (exact) mass is 317 g/mol. The number of phenolic OH excluding ortho intramolecular Hbond substituents is 1. The number of carbonyl (C=O) groups excluding carboxylic acids is 2. The molecule has 0 saturated carbocycles. The molecule has 0 bridgehead atoms. The molecule has 1 fully saturated rings. The normalized spacial score (nSPS) is 18.4. The molecule has 2 rings (SSSR count). The van der Waals surface area contributed by atoms with Crippen molar-refractivity contribution >= 4 is 40.8 Å². The van der Waals surface area contributed by atoms with Crippen LogP contribution in [0.4, 0.5) is 5.69 Å².